The zero-order chi connectivity index (χ0) is 10.6. The van der Waals surface area contributed by atoms with Gasteiger partial charge in [-0.2, -0.15) is 5.26 Å². The number of thiocyanates is 1. The van der Waals surface area contributed by atoms with E-state index in [0.717, 1.165) is 17.3 Å². The van der Waals surface area contributed by atoms with Crippen LogP contribution < -0.4 is 0 Å². The fourth-order valence-electron chi connectivity index (χ4n) is 1.27. The summed E-state index contributed by atoms with van der Waals surface area (Å²) in [6.45, 7) is 1.71. The Labute approximate surface area is 87.0 Å². The maximum Gasteiger partial charge on any atom is 0.133 e. The molecule has 74 valence electrons. The van der Waals surface area contributed by atoms with Crippen molar-refractivity contribution in [1.29, 1.82) is 5.26 Å². The third kappa shape index (κ3) is 2.41. The van der Waals surface area contributed by atoms with E-state index in [1.165, 1.54) is 0 Å². The van der Waals surface area contributed by atoms with Gasteiger partial charge in [0.25, 0.3) is 0 Å². The summed E-state index contributed by atoms with van der Waals surface area (Å²) < 4.78 is 0. The van der Waals surface area contributed by atoms with Crippen LogP contribution in [0.2, 0.25) is 0 Å². The predicted octanol–water partition coefficient (Wildman–Crippen LogP) is 1.91. The number of aliphatic hydroxyl groups is 1. The Balaban J connectivity index is 3.04. The summed E-state index contributed by atoms with van der Waals surface area (Å²) in [5, 5.41) is 29.0. The molecule has 0 radical (unpaired) electrons. The number of aryl methyl sites for hydroxylation is 1. The Morgan fingerprint density at radius 2 is 2.07 bits per heavy atom. The second-order valence-electron chi connectivity index (χ2n) is 2.97. The molecule has 1 rings (SSSR count). The van der Waals surface area contributed by atoms with E-state index >= 15 is 0 Å². The first-order valence-corrected chi connectivity index (χ1v) is 5.10. The summed E-state index contributed by atoms with van der Waals surface area (Å²) in [5.41, 5.74) is 2.18. The monoisotopic (exact) mass is 209 g/mol. The number of nitriles is 1. The minimum absolute atomic E-state index is 0.0980. The zero-order valence-corrected chi connectivity index (χ0v) is 8.64. The molecule has 0 heterocycles. The van der Waals surface area contributed by atoms with Crippen LogP contribution in [0, 0.1) is 17.6 Å². The van der Waals surface area contributed by atoms with Crippen molar-refractivity contribution in [1.82, 2.24) is 0 Å². The van der Waals surface area contributed by atoms with Crippen LogP contribution in [0.4, 0.5) is 0 Å². The summed E-state index contributed by atoms with van der Waals surface area (Å²) in [6, 6.07) is 3.55. The molecule has 0 saturated heterocycles. The van der Waals surface area contributed by atoms with Crippen LogP contribution >= 0.6 is 11.8 Å². The van der Waals surface area contributed by atoms with E-state index in [1.54, 1.807) is 6.07 Å². The topological polar surface area (TPSA) is 64.2 Å². The molecule has 2 N–H and O–H groups in total. The van der Waals surface area contributed by atoms with Gasteiger partial charge in [-0.15, -0.1) is 0 Å². The summed E-state index contributed by atoms with van der Waals surface area (Å²) >= 11 is 1.07. The minimum Gasteiger partial charge on any atom is -0.507 e. The van der Waals surface area contributed by atoms with E-state index < -0.39 is 0 Å². The highest BCUT2D eigenvalue weighted by atomic mass is 32.2. The lowest BCUT2D eigenvalue weighted by Gasteiger charge is -2.08. The normalized spacial score (nSPS) is 9.79. The fraction of sp³-hybridized carbons (Fsp3) is 0.300. The molecular weight excluding hydrogens is 198 g/mol. The van der Waals surface area contributed by atoms with E-state index in [2.05, 4.69) is 0 Å². The van der Waals surface area contributed by atoms with Crippen molar-refractivity contribution in [3.05, 3.63) is 28.8 Å². The number of benzene rings is 1. The Bertz CT molecular complexity index is 371. The van der Waals surface area contributed by atoms with Crippen LogP contribution in [0.5, 0.6) is 5.75 Å². The Kier molecular flexibility index (Phi) is 3.81. The Morgan fingerprint density at radius 1 is 1.43 bits per heavy atom. The van der Waals surface area contributed by atoms with Crippen LogP contribution in [-0.2, 0) is 12.4 Å². The molecule has 0 spiro atoms. The Hall–Kier alpha value is -1.18. The molecule has 3 nitrogen and oxygen atoms in total. The lowest BCUT2D eigenvalue weighted by Crippen LogP contribution is -1.91. The second kappa shape index (κ2) is 4.89. The number of phenols is 1. The van der Waals surface area contributed by atoms with Gasteiger partial charge in [-0.25, -0.2) is 0 Å². The van der Waals surface area contributed by atoms with Crippen LogP contribution in [0.15, 0.2) is 12.1 Å². The molecule has 1 aromatic carbocycles. The highest BCUT2D eigenvalue weighted by Crippen LogP contribution is 2.27. The van der Waals surface area contributed by atoms with E-state index in [0.29, 0.717) is 16.9 Å². The first kappa shape index (κ1) is 10.9. The number of rotatable bonds is 3. The summed E-state index contributed by atoms with van der Waals surface area (Å²) in [6.07, 6.45) is 0. The van der Waals surface area contributed by atoms with Crippen molar-refractivity contribution < 1.29 is 10.2 Å². The molecule has 14 heavy (non-hydrogen) atoms. The molecule has 0 aliphatic heterocycles. The van der Waals surface area contributed by atoms with Gasteiger partial charge >= 0.3 is 0 Å². The lowest BCUT2D eigenvalue weighted by atomic mass is 10.1. The molecule has 0 saturated carbocycles. The second-order valence-corrected chi connectivity index (χ2v) is 3.73. The van der Waals surface area contributed by atoms with Gasteiger partial charge < -0.3 is 10.2 Å². The minimum atomic E-state index is -0.183. The first-order chi connectivity index (χ1) is 6.69. The summed E-state index contributed by atoms with van der Waals surface area (Å²) in [4.78, 5) is 0. The fourth-order valence-corrected chi connectivity index (χ4v) is 1.71. The molecule has 0 aliphatic carbocycles. The first-order valence-electron chi connectivity index (χ1n) is 4.12. The highest BCUT2D eigenvalue weighted by molar-refractivity contribution is 8.02. The van der Waals surface area contributed by atoms with Gasteiger partial charge in [0, 0.05) is 16.9 Å². The van der Waals surface area contributed by atoms with Gasteiger partial charge in [-0.05, 0) is 18.7 Å². The lowest BCUT2D eigenvalue weighted by molar-refractivity contribution is 0.275. The van der Waals surface area contributed by atoms with Gasteiger partial charge in [0.15, 0.2) is 0 Å². The molecule has 0 aliphatic rings. The van der Waals surface area contributed by atoms with Crippen LogP contribution in [0.25, 0.3) is 0 Å². The smallest absolute Gasteiger partial charge is 0.133 e. The number of hydrogen-bond donors (Lipinski definition) is 2. The highest BCUT2D eigenvalue weighted by Gasteiger charge is 2.07. The Morgan fingerprint density at radius 3 is 2.64 bits per heavy atom. The predicted molar refractivity (Wildman–Crippen MR) is 55.7 cm³/mol. The third-order valence-corrected chi connectivity index (χ3v) is 2.46. The standard InChI is InChI=1S/C10H11NO2S/c1-7-2-8(4-12)10(13)9(3-7)5-14-6-11/h2-3,12-13H,4-5H2,1H3. The van der Waals surface area contributed by atoms with Gasteiger partial charge in [0.2, 0.25) is 0 Å². The average molecular weight is 209 g/mol. The number of aliphatic hydroxyl groups excluding tert-OH is 1. The maximum atomic E-state index is 9.66. The van der Waals surface area contributed by atoms with E-state index in [9.17, 15) is 5.11 Å². The molecule has 0 unspecified atom stereocenters. The van der Waals surface area contributed by atoms with Gasteiger partial charge in [-0.1, -0.05) is 17.7 Å². The van der Waals surface area contributed by atoms with Crippen molar-refractivity contribution in [3.63, 3.8) is 0 Å². The molecule has 4 heteroatoms. The van der Waals surface area contributed by atoms with Crippen molar-refractivity contribution in [2.75, 3.05) is 0 Å². The molecule has 0 atom stereocenters. The largest absolute Gasteiger partial charge is 0.507 e. The number of thioether (sulfide) groups is 1. The molecule has 0 amide bonds. The zero-order valence-electron chi connectivity index (χ0n) is 7.82. The maximum absolute atomic E-state index is 9.66. The van der Waals surface area contributed by atoms with Crippen LogP contribution in [0.3, 0.4) is 0 Å². The molecule has 0 fully saturated rings. The third-order valence-electron chi connectivity index (χ3n) is 1.87. The van der Waals surface area contributed by atoms with Crippen molar-refractivity contribution in [2.24, 2.45) is 0 Å². The van der Waals surface area contributed by atoms with Crippen molar-refractivity contribution >= 4 is 11.8 Å². The number of hydrogen-bond acceptors (Lipinski definition) is 4. The van der Waals surface area contributed by atoms with Crippen LogP contribution in [-0.4, -0.2) is 10.2 Å². The van der Waals surface area contributed by atoms with E-state index in [4.69, 9.17) is 10.4 Å². The van der Waals surface area contributed by atoms with Gasteiger partial charge in [0.1, 0.15) is 11.2 Å². The van der Waals surface area contributed by atoms with Crippen molar-refractivity contribution in [2.45, 2.75) is 19.3 Å². The average Bonchev–Trinajstić information content (AvgIpc) is 2.18. The molecule has 0 bridgehead atoms. The number of nitrogens with zero attached hydrogens (tertiary/aromatic N) is 1. The van der Waals surface area contributed by atoms with Gasteiger partial charge in [-0.3, -0.25) is 0 Å². The SMILES string of the molecule is Cc1cc(CO)c(O)c(CSC#N)c1. The van der Waals surface area contributed by atoms with Crippen LogP contribution in [0.1, 0.15) is 16.7 Å². The van der Waals surface area contributed by atoms with E-state index in [-0.39, 0.29) is 12.4 Å². The summed E-state index contributed by atoms with van der Waals surface area (Å²) in [7, 11) is 0. The van der Waals surface area contributed by atoms with Gasteiger partial charge in [0.05, 0.1) is 6.61 Å². The molecular formula is C10H11NO2S. The molecule has 1 aromatic rings. The number of aromatic hydroxyl groups is 1. The quantitative estimate of drug-likeness (QED) is 0.746. The van der Waals surface area contributed by atoms with Crippen molar-refractivity contribution in [3.8, 4) is 11.2 Å². The van der Waals surface area contributed by atoms with E-state index in [1.807, 2.05) is 18.4 Å². The summed E-state index contributed by atoms with van der Waals surface area (Å²) in [5.74, 6) is 0.539. The molecule has 0 aromatic heterocycles.